The zero-order valence-electron chi connectivity index (χ0n) is 11.3. The number of carbonyl (C=O) groups is 2. The second-order valence-electron chi connectivity index (χ2n) is 3.92. The third-order valence-electron chi connectivity index (χ3n) is 2.55. The van der Waals surface area contributed by atoms with E-state index in [1.54, 1.807) is 13.8 Å². The summed E-state index contributed by atoms with van der Waals surface area (Å²) >= 11 is 0. The van der Waals surface area contributed by atoms with E-state index in [1.165, 1.54) is 0 Å². The van der Waals surface area contributed by atoms with Crippen molar-refractivity contribution in [2.75, 3.05) is 13.2 Å². The molecular weight excluding hydrogens is 248 g/mol. The van der Waals surface area contributed by atoms with Gasteiger partial charge in [-0.3, -0.25) is 9.59 Å². The maximum atomic E-state index is 11.2. The average Bonchev–Trinajstić information content (AvgIpc) is 2.40. The molecule has 0 aromatic rings. The van der Waals surface area contributed by atoms with Crippen molar-refractivity contribution >= 4 is 11.9 Å². The van der Waals surface area contributed by atoms with Gasteiger partial charge in [0, 0.05) is 12.8 Å². The number of carbonyl (C=O) groups excluding carboxylic acids is 2. The Labute approximate surface area is 112 Å². The molecule has 0 spiro atoms. The number of hydrogen-bond donors (Lipinski definition) is 0. The van der Waals surface area contributed by atoms with E-state index >= 15 is 0 Å². The van der Waals surface area contributed by atoms with E-state index in [4.69, 9.17) is 20.0 Å². The van der Waals surface area contributed by atoms with Gasteiger partial charge in [0.2, 0.25) is 0 Å². The summed E-state index contributed by atoms with van der Waals surface area (Å²) < 4.78 is 9.48. The van der Waals surface area contributed by atoms with Crippen LogP contribution in [-0.2, 0) is 19.1 Å². The standard InChI is InChI=1S/C13H18N2O4/c1-3-18-11(16)5-7-13(9-14,10-15)8-6-12(17)19-4-2/h3-8H2,1-2H3. The Bertz CT molecular complexity index is 354. The van der Waals surface area contributed by atoms with Gasteiger partial charge in [-0.1, -0.05) is 0 Å². The number of ether oxygens (including phenoxy) is 2. The molecule has 0 aromatic heterocycles. The molecule has 0 aliphatic carbocycles. The minimum atomic E-state index is -1.35. The lowest BCUT2D eigenvalue weighted by molar-refractivity contribution is -0.143. The fourth-order valence-electron chi connectivity index (χ4n) is 1.47. The highest BCUT2D eigenvalue weighted by Gasteiger charge is 2.31. The summed E-state index contributed by atoms with van der Waals surface area (Å²) in [5, 5.41) is 18.2. The summed E-state index contributed by atoms with van der Waals surface area (Å²) in [7, 11) is 0. The second kappa shape index (κ2) is 8.93. The van der Waals surface area contributed by atoms with Gasteiger partial charge in [0.05, 0.1) is 25.4 Å². The number of rotatable bonds is 8. The predicted molar refractivity (Wildman–Crippen MR) is 65.4 cm³/mol. The maximum absolute atomic E-state index is 11.2. The van der Waals surface area contributed by atoms with E-state index in [9.17, 15) is 9.59 Å². The molecule has 0 N–H and O–H groups in total. The van der Waals surface area contributed by atoms with Crippen LogP contribution < -0.4 is 0 Å². The Hall–Kier alpha value is -2.08. The van der Waals surface area contributed by atoms with Gasteiger partial charge in [0.25, 0.3) is 0 Å². The Balaban J connectivity index is 4.44. The van der Waals surface area contributed by atoms with Gasteiger partial charge >= 0.3 is 11.9 Å². The third-order valence-corrected chi connectivity index (χ3v) is 2.55. The van der Waals surface area contributed by atoms with Crippen molar-refractivity contribution in [3.63, 3.8) is 0 Å². The summed E-state index contributed by atoms with van der Waals surface area (Å²) in [6, 6.07) is 3.77. The van der Waals surface area contributed by atoms with Crippen LogP contribution in [0.5, 0.6) is 0 Å². The topological polar surface area (TPSA) is 100 Å². The van der Waals surface area contributed by atoms with Crippen molar-refractivity contribution in [3.8, 4) is 12.1 Å². The zero-order valence-corrected chi connectivity index (χ0v) is 11.3. The van der Waals surface area contributed by atoms with Gasteiger partial charge in [-0.25, -0.2) is 0 Å². The van der Waals surface area contributed by atoms with Crippen molar-refractivity contribution in [1.82, 2.24) is 0 Å². The Kier molecular flexibility index (Phi) is 7.95. The van der Waals surface area contributed by atoms with Crippen LogP contribution in [0.4, 0.5) is 0 Å². The molecule has 0 saturated heterocycles. The fraction of sp³-hybridized carbons (Fsp3) is 0.692. The van der Waals surface area contributed by atoms with Crippen LogP contribution in [-0.4, -0.2) is 25.2 Å². The van der Waals surface area contributed by atoms with Gasteiger partial charge in [-0.2, -0.15) is 10.5 Å². The molecule has 0 saturated carbocycles. The number of nitriles is 2. The summed E-state index contributed by atoms with van der Waals surface area (Å²) in [4.78, 5) is 22.5. The van der Waals surface area contributed by atoms with E-state index in [1.807, 2.05) is 12.1 Å². The maximum Gasteiger partial charge on any atom is 0.305 e. The largest absolute Gasteiger partial charge is 0.466 e. The first-order valence-electron chi connectivity index (χ1n) is 6.17. The van der Waals surface area contributed by atoms with Gasteiger partial charge < -0.3 is 9.47 Å². The predicted octanol–water partition coefficient (Wildman–Crippen LogP) is 1.71. The minimum Gasteiger partial charge on any atom is -0.466 e. The molecule has 0 aromatic carbocycles. The Morgan fingerprint density at radius 2 is 1.32 bits per heavy atom. The van der Waals surface area contributed by atoms with Crippen molar-refractivity contribution in [3.05, 3.63) is 0 Å². The van der Waals surface area contributed by atoms with Gasteiger partial charge in [-0.15, -0.1) is 0 Å². The average molecular weight is 266 g/mol. The summed E-state index contributed by atoms with van der Waals surface area (Å²) in [5.41, 5.74) is -1.35. The Morgan fingerprint density at radius 1 is 0.947 bits per heavy atom. The third kappa shape index (κ3) is 6.42. The molecule has 0 amide bonds. The molecule has 0 atom stereocenters. The molecule has 0 unspecified atom stereocenters. The molecule has 6 heteroatoms. The minimum absolute atomic E-state index is 0.0161. The van der Waals surface area contributed by atoms with Crippen molar-refractivity contribution in [2.45, 2.75) is 39.5 Å². The molecule has 0 fully saturated rings. The SMILES string of the molecule is CCOC(=O)CCC(C#N)(C#N)CCC(=O)OCC. The van der Waals surface area contributed by atoms with Crippen molar-refractivity contribution in [2.24, 2.45) is 5.41 Å². The van der Waals surface area contributed by atoms with Crippen LogP contribution in [0.15, 0.2) is 0 Å². The molecule has 0 bridgehead atoms. The number of nitrogens with zero attached hydrogens (tertiary/aromatic N) is 2. The first kappa shape index (κ1) is 16.9. The number of hydrogen-bond acceptors (Lipinski definition) is 6. The van der Waals surface area contributed by atoms with Crippen LogP contribution in [0.25, 0.3) is 0 Å². The molecule has 19 heavy (non-hydrogen) atoms. The first-order valence-corrected chi connectivity index (χ1v) is 6.17. The highest BCUT2D eigenvalue weighted by molar-refractivity contribution is 5.70. The van der Waals surface area contributed by atoms with Crippen molar-refractivity contribution in [1.29, 1.82) is 10.5 Å². The molecule has 104 valence electrons. The van der Waals surface area contributed by atoms with E-state index in [0.29, 0.717) is 0 Å². The fourth-order valence-corrected chi connectivity index (χ4v) is 1.47. The van der Waals surface area contributed by atoms with E-state index < -0.39 is 17.4 Å². The van der Waals surface area contributed by atoms with Crippen LogP contribution >= 0.6 is 0 Å². The van der Waals surface area contributed by atoms with E-state index in [0.717, 1.165) is 0 Å². The molecule has 6 nitrogen and oxygen atoms in total. The normalized spacial score (nSPS) is 10.1. The van der Waals surface area contributed by atoms with Crippen molar-refractivity contribution < 1.29 is 19.1 Å². The Morgan fingerprint density at radius 3 is 1.58 bits per heavy atom. The lowest BCUT2D eigenvalue weighted by Crippen LogP contribution is -2.20. The molecule has 0 aliphatic rings. The summed E-state index contributed by atoms with van der Waals surface area (Å²) in [5.74, 6) is -0.901. The van der Waals surface area contributed by atoms with E-state index in [-0.39, 0.29) is 38.9 Å². The smallest absolute Gasteiger partial charge is 0.305 e. The molecule has 0 aliphatic heterocycles. The quantitative estimate of drug-likeness (QED) is 0.620. The van der Waals surface area contributed by atoms with Gasteiger partial charge in [0.1, 0.15) is 5.41 Å². The van der Waals surface area contributed by atoms with Crippen LogP contribution in [0.3, 0.4) is 0 Å². The first-order chi connectivity index (χ1) is 9.03. The molecule has 0 radical (unpaired) electrons. The highest BCUT2D eigenvalue weighted by atomic mass is 16.5. The monoisotopic (exact) mass is 266 g/mol. The summed E-state index contributed by atoms with van der Waals surface area (Å²) in [6.45, 7) is 3.88. The molecule has 0 rings (SSSR count). The second-order valence-corrected chi connectivity index (χ2v) is 3.92. The lowest BCUT2D eigenvalue weighted by Gasteiger charge is -2.17. The van der Waals surface area contributed by atoms with E-state index in [2.05, 4.69) is 0 Å². The van der Waals surface area contributed by atoms with Crippen LogP contribution in [0.2, 0.25) is 0 Å². The number of esters is 2. The molecule has 0 heterocycles. The summed E-state index contributed by atoms with van der Waals surface area (Å²) in [6.07, 6.45) is 0.0754. The highest BCUT2D eigenvalue weighted by Crippen LogP contribution is 2.28. The van der Waals surface area contributed by atoms with Crippen LogP contribution in [0, 0.1) is 28.1 Å². The van der Waals surface area contributed by atoms with Gasteiger partial charge in [0.15, 0.2) is 0 Å². The zero-order chi connectivity index (χ0) is 14.7. The van der Waals surface area contributed by atoms with Gasteiger partial charge in [-0.05, 0) is 26.7 Å². The molecular formula is C13H18N2O4. The van der Waals surface area contributed by atoms with Crippen LogP contribution in [0.1, 0.15) is 39.5 Å². The lowest BCUT2D eigenvalue weighted by atomic mass is 9.82.